The second-order valence-electron chi connectivity index (χ2n) is 8.01. The number of carbonyl (C=O) groups excluding carboxylic acids is 1. The van der Waals surface area contributed by atoms with Crippen molar-refractivity contribution in [2.75, 3.05) is 19.8 Å². The molecule has 0 aliphatic carbocycles. The number of aromatic nitrogens is 2. The molecule has 2 aromatic heterocycles. The quantitative estimate of drug-likeness (QED) is 0.512. The maximum absolute atomic E-state index is 12.9. The highest BCUT2D eigenvalue weighted by atomic mass is 32.2. The van der Waals surface area contributed by atoms with Crippen LogP contribution in [0.5, 0.6) is 0 Å². The first-order valence-corrected chi connectivity index (χ1v) is 11.8. The smallest absolute Gasteiger partial charge is 0.253 e. The first-order valence-electron chi connectivity index (χ1n) is 10.1. The molecule has 0 unspecified atom stereocenters. The summed E-state index contributed by atoms with van der Waals surface area (Å²) in [6.07, 6.45) is 1.80. The van der Waals surface area contributed by atoms with Crippen LogP contribution in [0.15, 0.2) is 47.5 Å². The van der Waals surface area contributed by atoms with Gasteiger partial charge >= 0.3 is 0 Å². The van der Waals surface area contributed by atoms with E-state index in [0.717, 1.165) is 44.2 Å². The summed E-state index contributed by atoms with van der Waals surface area (Å²) in [5, 5.41) is 1.88. The van der Waals surface area contributed by atoms with Crippen LogP contribution in [-0.2, 0) is 9.84 Å². The van der Waals surface area contributed by atoms with Gasteiger partial charge < -0.3 is 9.88 Å². The minimum atomic E-state index is -3.36. The Balaban J connectivity index is 2.14. The van der Waals surface area contributed by atoms with Gasteiger partial charge in [0.05, 0.1) is 16.2 Å². The zero-order chi connectivity index (χ0) is 22.5. The molecule has 4 rings (SSSR count). The Morgan fingerprint density at radius 2 is 1.87 bits per heavy atom. The van der Waals surface area contributed by atoms with Crippen molar-refractivity contribution in [3.05, 3.63) is 59.3 Å². The van der Waals surface area contributed by atoms with Crippen LogP contribution in [0, 0.1) is 13.8 Å². The minimum absolute atomic E-state index is 0.0281. The number of benzene rings is 2. The van der Waals surface area contributed by atoms with Gasteiger partial charge in [0, 0.05) is 36.6 Å². The number of carbonyl (C=O) groups is 1. The summed E-state index contributed by atoms with van der Waals surface area (Å²) in [5.74, 6) is -0.0823. The first-order chi connectivity index (χ1) is 14.6. The molecule has 160 valence electrons. The zero-order valence-corrected chi connectivity index (χ0v) is 19.1. The highest BCUT2D eigenvalue weighted by Gasteiger charge is 2.22. The fraction of sp³-hybridized carbons (Fsp3) is 0.250. The highest BCUT2D eigenvalue weighted by molar-refractivity contribution is 7.91. The molecule has 0 bridgehead atoms. The predicted molar refractivity (Wildman–Crippen MR) is 124 cm³/mol. The number of aryl methyl sites for hydroxylation is 2. The number of hydrogen-bond donors (Lipinski definition) is 1. The van der Waals surface area contributed by atoms with Gasteiger partial charge in [-0.3, -0.25) is 4.79 Å². The summed E-state index contributed by atoms with van der Waals surface area (Å²) in [6, 6.07) is 10.9. The minimum Gasteiger partial charge on any atom is -0.345 e. The van der Waals surface area contributed by atoms with Crippen LogP contribution < -0.4 is 0 Å². The SMILES string of the molecule is CCS(=O)(=O)c1cccc(-c2cc(C(=O)N(C)C)c(C)c3[nH]c4ncc(C)cc4c23)c1. The van der Waals surface area contributed by atoms with Gasteiger partial charge in [-0.25, -0.2) is 13.4 Å². The van der Waals surface area contributed by atoms with Crippen molar-refractivity contribution in [2.24, 2.45) is 0 Å². The topological polar surface area (TPSA) is 83.1 Å². The lowest BCUT2D eigenvalue weighted by molar-refractivity contribution is 0.0827. The van der Waals surface area contributed by atoms with Crippen molar-refractivity contribution in [3.8, 4) is 11.1 Å². The molecule has 1 amide bonds. The number of nitrogens with zero attached hydrogens (tertiary/aromatic N) is 2. The summed E-state index contributed by atoms with van der Waals surface area (Å²) in [5.41, 5.74) is 5.54. The molecule has 0 atom stereocenters. The first kappa shape index (κ1) is 21.1. The Bertz CT molecular complexity index is 1450. The lowest BCUT2D eigenvalue weighted by atomic mass is 9.93. The second kappa shape index (κ2) is 7.50. The van der Waals surface area contributed by atoms with Crippen LogP contribution >= 0.6 is 0 Å². The van der Waals surface area contributed by atoms with E-state index in [1.54, 1.807) is 50.3 Å². The van der Waals surface area contributed by atoms with Crippen molar-refractivity contribution >= 4 is 37.7 Å². The Morgan fingerprint density at radius 1 is 1.13 bits per heavy atom. The van der Waals surface area contributed by atoms with Crippen LogP contribution in [0.2, 0.25) is 0 Å². The molecule has 0 saturated heterocycles. The summed E-state index contributed by atoms with van der Waals surface area (Å²) < 4.78 is 25.0. The third-order valence-electron chi connectivity index (χ3n) is 5.64. The van der Waals surface area contributed by atoms with Crippen molar-refractivity contribution in [1.82, 2.24) is 14.9 Å². The number of nitrogens with one attached hydrogen (secondary N) is 1. The molecule has 2 heterocycles. The normalized spacial score (nSPS) is 11.9. The van der Waals surface area contributed by atoms with E-state index in [9.17, 15) is 13.2 Å². The molecule has 7 heteroatoms. The van der Waals surface area contributed by atoms with E-state index >= 15 is 0 Å². The Kier molecular flexibility index (Phi) is 5.09. The highest BCUT2D eigenvalue weighted by Crippen LogP contribution is 2.38. The van der Waals surface area contributed by atoms with Gasteiger partial charge in [0.1, 0.15) is 5.65 Å². The fourth-order valence-corrected chi connectivity index (χ4v) is 4.84. The van der Waals surface area contributed by atoms with Gasteiger partial charge in [-0.05, 0) is 60.4 Å². The van der Waals surface area contributed by atoms with Crippen LogP contribution in [0.25, 0.3) is 33.1 Å². The van der Waals surface area contributed by atoms with Crippen molar-refractivity contribution < 1.29 is 13.2 Å². The Morgan fingerprint density at radius 3 is 2.55 bits per heavy atom. The largest absolute Gasteiger partial charge is 0.345 e. The number of sulfone groups is 1. The number of aromatic amines is 1. The number of hydrogen-bond acceptors (Lipinski definition) is 4. The molecule has 0 aliphatic heterocycles. The van der Waals surface area contributed by atoms with Crippen LogP contribution in [0.1, 0.15) is 28.4 Å². The molecular weight excluding hydrogens is 410 g/mol. The lowest BCUT2D eigenvalue weighted by Crippen LogP contribution is -2.22. The predicted octanol–water partition coefficient (Wildman–Crippen LogP) is 4.50. The summed E-state index contributed by atoms with van der Waals surface area (Å²) in [7, 11) is 0.0757. The standard InChI is InChI=1S/C24H25N3O3S/c1-6-31(29,30)17-9-7-8-16(11-17)19-12-18(24(28)27(4)5)15(3)22-21(19)20-10-14(2)13-25-23(20)26-22/h7-13H,6H2,1-5H3,(H,25,26). The molecule has 2 aromatic carbocycles. The van der Waals surface area contributed by atoms with Gasteiger partial charge in [-0.1, -0.05) is 19.1 Å². The molecular formula is C24H25N3O3S. The van der Waals surface area contributed by atoms with Crippen LogP contribution in [0.4, 0.5) is 0 Å². The van der Waals surface area contributed by atoms with Crippen molar-refractivity contribution in [1.29, 1.82) is 0 Å². The Labute approximate surface area is 181 Å². The van der Waals surface area contributed by atoms with E-state index in [2.05, 4.69) is 16.0 Å². The third kappa shape index (κ3) is 3.49. The maximum atomic E-state index is 12.9. The number of H-pyrrole nitrogens is 1. The molecule has 4 aromatic rings. The number of amides is 1. The zero-order valence-electron chi connectivity index (χ0n) is 18.3. The molecule has 0 saturated carbocycles. The summed E-state index contributed by atoms with van der Waals surface area (Å²) in [6.45, 7) is 5.54. The maximum Gasteiger partial charge on any atom is 0.253 e. The lowest BCUT2D eigenvalue weighted by Gasteiger charge is -2.16. The molecule has 0 fully saturated rings. The van der Waals surface area contributed by atoms with Gasteiger partial charge in [-0.15, -0.1) is 0 Å². The fourth-order valence-electron chi connectivity index (χ4n) is 3.91. The monoisotopic (exact) mass is 435 g/mol. The number of rotatable bonds is 4. The van der Waals surface area contributed by atoms with Gasteiger partial charge in [0.2, 0.25) is 0 Å². The molecule has 31 heavy (non-hydrogen) atoms. The summed E-state index contributed by atoms with van der Waals surface area (Å²) >= 11 is 0. The van der Waals surface area contributed by atoms with Gasteiger partial charge in [-0.2, -0.15) is 0 Å². The van der Waals surface area contributed by atoms with E-state index in [1.807, 2.05) is 26.0 Å². The number of fused-ring (bicyclic) bond motifs is 3. The second-order valence-corrected chi connectivity index (χ2v) is 10.3. The van der Waals surface area contributed by atoms with E-state index < -0.39 is 9.84 Å². The molecule has 0 spiro atoms. The van der Waals surface area contributed by atoms with Crippen LogP contribution in [-0.4, -0.2) is 49.0 Å². The average Bonchev–Trinajstić information content (AvgIpc) is 3.13. The van der Waals surface area contributed by atoms with E-state index in [1.165, 1.54) is 0 Å². The van der Waals surface area contributed by atoms with Gasteiger partial charge in [0.15, 0.2) is 9.84 Å². The van der Waals surface area contributed by atoms with E-state index in [-0.39, 0.29) is 16.6 Å². The van der Waals surface area contributed by atoms with E-state index in [4.69, 9.17) is 0 Å². The third-order valence-corrected chi connectivity index (χ3v) is 7.38. The van der Waals surface area contributed by atoms with Crippen molar-refractivity contribution in [3.63, 3.8) is 0 Å². The molecule has 0 radical (unpaired) electrons. The molecule has 6 nitrogen and oxygen atoms in total. The van der Waals surface area contributed by atoms with Crippen LogP contribution in [0.3, 0.4) is 0 Å². The van der Waals surface area contributed by atoms with Gasteiger partial charge in [0.25, 0.3) is 5.91 Å². The molecule has 1 N–H and O–H groups in total. The Hall–Kier alpha value is -3.19. The molecule has 0 aliphatic rings. The van der Waals surface area contributed by atoms with E-state index in [0.29, 0.717) is 5.56 Å². The summed E-state index contributed by atoms with van der Waals surface area (Å²) in [4.78, 5) is 22.7. The number of pyridine rings is 1. The van der Waals surface area contributed by atoms with Crippen molar-refractivity contribution in [2.45, 2.75) is 25.7 Å². The average molecular weight is 436 g/mol.